The summed E-state index contributed by atoms with van der Waals surface area (Å²) in [5, 5.41) is 0. The molecule has 0 spiro atoms. The maximum atomic E-state index is 11.1. The summed E-state index contributed by atoms with van der Waals surface area (Å²) < 4.78 is 0. The Bertz CT molecular complexity index is 365. The number of carbonyl (C=O) groups is 1. The fourth-order valence-corrected chi connectivity index (χ4v) is 3.25. The first kappa shape index (κ1) is 11.4. The smallest absolute Gasteiger partial charge is 0.244 e. The van der Waals surface area contributed by atoms with Crippen LogP contribution in [0.15, 0.2) is 22.8 Å². The normalized spacial score (nSPS) is 30.5. The van der Waals surface area contributed by atoms with Crippen LogP contribution in [0, 0.1) is 11.8 Å². The molecule has 1 amide bonds. The highest BCUT2D eigenvalue weighted by Crippen LogP contribution is 2.45. The molecule has 0 aromatic heterocycles. The van der Waals surface area contributed by atoms with Crippen LogP contribution < -0.4 is 5.73 Å². The van der Waals surface area contributed by atoms with Gasteiger partial charge in [0, 0.05) is 5.57 Å². The minimum Gasteiger partial charge on any atom is -0.366 e. The van der Waals surface area contributed by atoms with E-state index in [2.05, 4.69) is 13.0 Å². The van der Waals surface area contributed by atoms with Crippen molar-refractivity contribution in [1.29, 1.82) is 0 Å². The van der Waals surface area contributed by atoms with Crippen LogP contribution in [0.1, 0.15) is 46.0 Å². The molecule has 0 bridgehead atoms. The second-order valence-corrected chi connectivity index (χ2v) is 5.22. The van der Waals surface area contributed by atoms with Gasteiger partial charge in [-0.25, -0.2) is 0 Å². The van der Waals surface area contributed by atoms with E-state index in [9.17, 15) is 4.79 Å². The van der Waals surface area contributed by atoms with Gasteiger partial charge in [0.15, 0.2) is 0 Å². The topological polar surface area (TPSA) is 43.1 Å². The minimum atomic E-state index is -0.279. The lowest BCUT2D eigenvalue weighted by atomic mass is 9.77. The molecule has 16 heavy (non-hydrogen) atoms. The molecule has 88 valence electrons. The second-order valence-electron chi connectivity index (χ2n) is 5.22. The summed E-state index contributed by atoms with van der Waals surface area (Å²) in [6.07, 6.45) is 8.48. The van der Waals surface area contributed by atoms with Crippen molar-refractivity contribution in [3.63, 3.8) is 0 Å². The quantitative estimate of drug-likeness (QED) is 0.563. The van der Waals surface area contributed by atoms with E-state index in [1.165, 1.54) is 32.1 Å². The van der Waals surface area contributed by atoms with Crippen molar-refractivity contribution in [1.82, 2.24) is 0 Å². The fourth-order valence-electron chi connectivity index (χ4n) is 3.25. The zero-order valence-electron chi connectivity index (χ0n) is 10.3. The van der Waals surface area contributed by atoms with E-state index in [0.29, 0.717) is 5.92 Å². The van der Waals surface area contributed by atoms with E-state index < -0.39 is 0 Å². The van der Waals surface area contributed by atoms with Crippen LogP contribution in [0.4, 0.5) is 0 Å². The molecule has 2 aliphatic rings. The maximum Gasteiger partial charge on any atom is 0.244 e. The van der Waals surface area contributed by atoms with Crippen molar-refractivity contribution in [3.05, 3.63) is 22.8 Å². The Balaban J connectivity index is 2.24. The summed E-state index contributed by atoms with van der Waals surface area (Å²) in [5.41, 5.74) is 9.20. The third-order valence-corrected chi connectivity index (χ3v) is 4.11. The van der Waals surface area contributed by atoms with Gasteiger partial charge in [0.1, 0.15) is 0 Å². The third kappa shape index (κ3) is 2.06. The van der Waals surface area contributed by atoms with Gasteiger partial charge in [0.2, 0.25) is 5.91 Å². The Kier molecular flexibility index (Phi) is 3.17. The number of rotatable bonds is 2. The Hall–Kier alpha value is -1.05. The number of hydrogen-bond donors (Lipinski definition) is 1. The van der Waals surface area contributed by atoms with Crippen molar-refractivity contribution in [3.8, 4) is 0 Å². The van der Waals surface area contributed by atoms with Gasteiger partial charge in [0.25, 0.3) is 0 Å². The average molecular weight is 219 g/mol. The predicted molar refractivity (Wildman–Crippen MR) is 65.7 cm³/mol. The van der Waals surface area contributed by atoms with Crippen molar-refractivity contribution < 1.29 is 4.79 Å². The summed E-state index contributed by atoms with van der Waals surface area (Å²) in [6.45, 7) is 4.08. The Morgan fingerprint density at radius 2 is 2.12 bits per heavy atom. The zero-order chi connectivity index (χ0) is 11.7. The van der Waals surface area contributed by atoms with Gasteiger partial charge < -0.3 is 5.73 Å². The van der Waals surface area contributed by atoms with Gasteiger partial charge in [0.05, 0.1) is 0 Å². The molecule has 2 atom stereocenters. The highest BCUT2D eigenvalue weighted by atomic mass is 16.1. The zero-order valence-corrected chi connectivity index (χ0v) is 10.3. The molecule has 0 saturated heterocycles. The van der Waals surface area contributed by atoms with Crippen molar-refractivity contribution >= 4 is 5.91 Å². The van der Waals surface area contributed by atoms with Crippen molar-refractivity contribution in [2.24, 2.45) is 17.6 Å². The summed E-state index contributed by atoms with van der Waals surface area (Å²) in [6, 6.07) is 0. The molecular weight excluding hydrogens is 198 g/mol. The summed E-state index contributed by atoms with van der Waals surface area (Å²) in [5.74, 6) is 0.989. The number of carbonyl (C=O) groups excluding carboxylic acids is 1. The lowest BCUT2D eigenvalue weighted by Gasteiger charge is -2.28. The molecular formula is C14H21NO. The Labute approximate surface area is 97.6 Å². The highest BCUT2D eigenvalue weighted by Gasteiger charge is 2.31. The van der Waals surface area contributed by atoms with Gasteiger partial charge >= 0.3 is 0 Å². The van der Waals surface area contributed by atoms with E-state index in [4.69, 9.17) is 5.73 Å². The molecule has 1 fully saturated rings. The molecule has 0 aliphatic heterocycles. The molecule has 0 radical (unpaired) electrons. The first-order chi connectivity index (χ1) is 7.59. The van der Waals surface area contributed by atoms with Gasteiger partial charge in [-0.15, -0.1) is 0 Å². The molecule has 0 aromatic carbocycles. The second kappa shape index (κ2) is 4.44. The monoisotopic (exact) mass is 219 g/mol. The van der Waals surface area contributed by atoms with Crippen LogP contribution in [-0.2, 0) is 4.79 Å². The number of hydrogen-bond acceptors (Lipinski definition) is 1. The first-order valence-electron chi connectivity index (χ1n) is 6.27. The lowest BCUT2D eigenvalue weighted by Crippen LogP contribution is -2.18. The van der Waals surface area contributed by atoms with E-state index in [0.717, 1.165) is 11.5 Å². The molecule has 2 N–H and O–H groups in total. The Morgan fingerprint density at radius 1 is 1.38 bits per heavy atom. The number of primary amides is 1. The maximum absolute atomic E-state index is 11.1. The van der Waals surface area contributed by atoms with Gasteiger partial charge in [-0.05, 0) is 51.4 Å². The van der Waals surface area contributed by atoms with Crippen LogP contribution in [-0.4, -0.2) is 5.91 Å². The minimum absolute atomic E-state index is 0.279. The number of fused-ring (bicyclic) bond motifs is 1. The van der Waals surface area contributed by atoms with E-state index in [-0.39, 0.29) is 5.91 Å². The molecule has 2 aliphatic carbocycles. The van der Waals surface area contributed by atoms with Crippen LogP contribution in [0.25, 0.3) is 0 Å². The summed E-state index contributed by atoms with van der Waals surface area (Å²) in [4.78, 5) is 11.1. The van der Waals surface area contributed by atoms with Crippen molar-refractivity contribution in [2.45, 2.75) is 46.0 Å². The van der Waals surface area contributed by atoms with E-state index in [1.807, 2.05) is 6.92 Å². The molecule has 2 rings (SSSR count). The lowest BCUT2D eigenvalue weighted by molar-refractivity contribution is -0.114. The highest BCUT2D eigenvalue weighted by molar-refractivity contribution is 5.91. The standard InChI is InChI=1S/C14H21NO/c1-9-6-7-11-4-3-5-12(13(9)11)8-10(2)14(15)16/h8,11-12H,3-7H2,1-2H3,(H2,15,16). The predicted octanol–water partition coefficient (Wildman–Crippen LogP) is 2.94. The molecule has 0 heterocycles. The Morgan fingerprint density at radius 3 is 2.81 bits per heavy atom. The van der Waals surface area contributed by atoms with Crippen LogP contribution in [0.5, 0.6) is 0 Å². The summed E-state index contributed by atoms with van der Waals surface area (Å²) in [7, 11) is 0. The van der Waals surface area contributed by atoms with Gasteiger partial charge in [-0.2, -0.15) is 0 Å². The SMILES string of the molecule is CC(=CC1CCCC2CCC(C)=C12)C(N)=O. The largest absolute Gasteiger partial charge is 0.366 e. The van der Waals surface area contributed by atoms with Crippen LogP contribution >= 0.6 is 0 Å². The molecule has 2 unspecified atom stereocenters. The third-order valence-electron chi connectivity index (χ3n) is 4.11. The number of allylic oxidation sites excluding steroid dienone is 3. The molecule has 2 heteroatoms. The summed E-state index contributed by atoms with van der Waals surface area (Å²) >= 11 is 0. The van der Waals surface area contributed by atoms with E-state index in [1.54, 1.807) is 11.1 Å². The molecule has 2 nitrogen and oxygen atoms in total. The van der Waals surface area contributed by atoms with Crippen LogP contribution in [0.2, 0.25) is 0 Å². The van der Waals surface area contributed by atoms with Gasteiger partial charge in [-0.3, -0.25) is 4.79 Å². The first-order valence-corrected chi connectivity index (χ1v) is 6.27. The number of nitrogens with two attached hydrogens (primary N) is 1. The molecule has 1 saturated carbocycles. The number of amides is 1. The van der Waals surface area contributed by atoms with Crippen LogP contribution in [0.3, 0.4) is 0 Å². The van der Waals surface area contributed by atoms with Gasteiger partial charge in [-0.1, -0.05) is 23.6 Å². The van der Waals surface area contributed by atoms with E-state index >= 15 is 0 Å². The van der Waals surface area contributed by atoms with Crippen molar-refractivity contribution in [2.75, 3.05) is 0 Å². The average Bonchev–Trinajstić information content (AvgIpc) is 2.61. The molecule has 0 aromatic rings. The fraction of sp³-hybridized carbons (Fsp3) is 0.643.